The van der Waals surface area contributed by atoms with Gasteiger partial charge in [0.1, 0.15) is 0 Å². The zero-order chi connectivity index (χ0) is 9.42. The summed E-state index contributed by atoms with van der Waals surface area (Å²) in [5.74, 6) is -0.870. The Morgan fingerprint density at radius 3 is 2.69 bits per heavy atom. The summed E-state index contributed by atoms with van der Waals surface area (Å²) in [7, 11) is 0. The first-order valence-electron chi connectivity index (χ1n) is 3.51. The normalized spacial score (nSPS) is 10.5. The van der Waals surface area contributed by atoms with Crippen LogP contribution in [0.5, 0.6) is 0 Å². The van der Waals surface area contributed by atoms with Crippen LogP contribution in [0.2, 0.25) is 0 Å². The van der Waals surface area contributed by atoms with Gasteiger partial charge in [-0.05, 0) is 12.1 Å². The zero-order valence-corrected chi connectivity index (χ0v) is 7.12. The molecule has 0 N–H and O–H groups in total. The van der Waals surface area contributed by atoms with Gasteiger partial charge in [-0.1, -0.05) is 12.1 Å². The summed E-state index contributed by atoms with van der Waals surface area (Å²) in [5.41, 5.74) is -0.317. The van der Waals surface area contributed by atoms with Crippen LogP contribution in [0.4, 0.5) is 0 Å². The highest BCUT2D eigenvalue weighted by Gasteiger charge is 2.05. The van der Waals surface area contributed by atoms with Crippen LogP contribution in [0.3, 0.4) is 0 Å². The van der Waals surface area contributed by atoms with E-state index in [1.54, 1.807) is 24.3 Å². The molecule has 2 rings (SSSR count). The smallest absolute Gasteiger partial charge is 0.371 e. The average Bonchev–Trinajstić information content (AvgIpc) is 2.15. The maximum atomic E-state index is 11.1. The number of fused-ring (bicyclic) bond motifs is 1. The Bertz CT molecular complexity index is 569. The third kappa shape index (κ3) is 1.15. The molecule has 0 atom stereocenters. The SMILES string of the molecule is O=c1oc(=O)n(Cl)c2ccccc12. The monoisotopic (exact) mass is 197 g/mol. The van der Waals surface area contributed by atoms with Gasteiger partial charge in [0, 0.05) is 11.8 Å². The lowest BCUT2D eigenvalue weighted by molar-refractivity contribution is 0.452. The van der Waals surface area contributed by atoms with E-state index in [1.165, 1.54) is 0 Å². The van der Waals surface area contributed by atoms with Gasteiger partial charge < -0.3 is 4.42 Å². The van der Waals surface area contributed by atoms with Crippen LogP contribution in [0.15, 0.2) is 38.3 Å². The second-order valence-electron chi connectivity index (χ2n) is 2.45. The highest BCUT2D eigenvalue weighted by Crippen LogP contribution is 2.07. The maximum absolute atomic E-state index is 11.1. The summed E-state index contributed by atoms with van der Waals surface area (Å²) in [5, 5.41) is 0.289. The van der Waals surface area contributed by atoms with Crippen molar-refractivity contribution in [3.05, 3.63) is 45.2 Å². The summed E-state index contributed by atoms with van der Waals surface area (Å²) in [6, 6.07) is 6.46. The molecule has 0 unspecified atom stereocenters. The van der Waals surface area contributed by atoms with Crippen LogP contribution in [0.25, 0.3) is 10.9 Å². The molecule has 5 heteroatoms. The molecule has 0 radical (unpaired) electrons. The van der Waals surface area contributed by atoms with Gasteiger partial charge in [-0.2, -0.15) is 4.09 Å². The highest BCUT2D eigenvalue weighted by molar-refractivity contribution is 6.18. The number of aromatic nitrogens is 1. The van der Waals surface area contributed by atoms with Crippen LogP contribution in [0.1, 0.15) is 0 Å². The molecule has 0 bridgehead atoms. The molecule has 1 heterocycles. The van der Waals surface area contributed by atoms with Crippen molar-refractivity contribution in [1.82, 2.24) is 4.09 Å². The van der Waals surface area contributed by atoms with E-state index >= 15 is 0 Å². The molecule has 0 saturated carbocycles. The number of hydrogen-bond acceptors (Lipinski definition) is 3. The standard InChI is InChI=1S/C8H4ClNO3/c9-10-6-4-2-1-3-5(6)7(11)13-8(10)12/h1-4H. The molecule has 0 aliphatic heterocycles. The first-order valence-corrected chi connectivity index (χ1v) is 3.85. The predicted molar refractivity (Wildman–Crippen MR) is 48.0 cm³/mol. The van der Waals surface area contributed by atoms with Gasteiger partial charge in [0.25, 0.3) is 0 Å². The van der Waals surface area contributed by atoms with Crippen molar-refractivity contribution in [3.63, 3.8) is 0 Å². The summed E-state index contributed by atoms with van der Waals surface area (Å²) < 4.78 is 5.12. The summed E-state index contributed by atoms with van der Waals surface area (Å²) in [6.45, 7) is 0. The van der Waals surface area contributed by atoms with Crippen molar-refractivity contribution < 1.29 is 4.42 Å². The van der Waals surface area contributed by atoms with Gasteiger partial charge in [0.05, 0.1) is 10.9 Å². The fraction of sp³-hybridized carbons (Fsp3) is 0. The Kier molecular flexibility index (Phi) is 1.70. The molecular weight excluding hydrogens is 194 g/mol. The second kappa shape index (κ2) is 2.74. The summed E-state index contributed by atoms with van der Waals surface area (Å²) in [4.78, 5) is 22.0. The van der Waals surface area contributed by atoms with E-state index in [1.807, 2.05) is 0 Å². The van der Waals surface area contributed by atoms with Gasteiger partial charge in [0.15, 0.2) is 0 Å². The van der Waals surface area contributed by atoms with Crippen molar-refractivity contribution in [2.45, 2.75) is 0 Å². The topological polar surface area (TPSA) is 52.2 Å². The quantitative estimate of drug-likeness (QED) is 0.632. The largest absolute Gasteiger partial charge is 0.437 e. The van der Waals surface area contributed by atoms with E-state index in [-0.39, 0.29) is 5.39 Å². The van der Waals surface area contributed by atoms with Gasteiger partial charge in [-0.15, -0.1) is 0 Å². The molecule has 1 aromatic heterocycles. The van der Waals surface area contributed by atoms with E-state index in [0.717, 1.165) is 4.09 Å². The van der Waals surface area contributed by atoms with Crippen molar-refractivity contribution >= 4 is 22.7 Å². The molecule has 13 heavy (non-hydrogen) atoms. The molecule has 0 spiro atoms. The van der Waals surface area contributed by atoms with Crippen molar-refractivity contribution in [3.8, 4) is 0 Å². The van der Waals surface area contributed by atoms with Gasteiger partial charge >= 0.3 is 11.4 Å². The molecule has 0 saturated heterocycles. The lowest BCUT2D eigenvalue weighted by Crippen LogP contribution is -2.19. The third-order valence-electron chi connectivity index (χ3n) is 1.68. The van der Waals surface area contributed by atoms with Crippen molar-refractivity contribution in [1.29, 1.82) is 0 Å². The molecule has 4 nitrogen and oxygen atoms in total. The third-order valence-corrected chi connectivity index (χ3v) is 2.00. The minimum absolute atomic E-state index is 0.289. The molecule has 1 aromatic carbocycles. The fourth-order valence-corrected chi connectivity index (χ4v) is 1.27. The number of nitrogens with zero attached hydrogens (tertiary/aromatic N) is 1. The van der Waals surface area contributed by atoms with Crippen LogP contribution >= 0.6 is 11.8 Å². The molecule has 66 valence electrons. The second-order valence-corrected chi connectivity index (χ2v) is 2.79. The average molecular weight is 198 g/mol. The Labute approximate surface area is 77.1 Å². The molecule has 0 aliphatic rings. The van der Waals surface area contributed by atoms with Gasteiger partial charge in [0.2, 0.25) is 0 Å². The van der Waals surface area contributed by atoms with Crippen LogP contribution in [-0.2, 0) is 0 Å². The Morgan fingerprint density at radius 1 is 1.23 bits per heavy atom. The number of halogens is 1. The number of rotatable bonds is 0. The number of benzene rings is 1. The molecule has 0 fully saturated rings. The predicted octanol–water partition coefficient (Wildman–Crippen LogP) is 0.957. The zero-order valence-electron chi connectivity index (χ0n) is 6.36. The first kappa shape index (κ1) is 8.07. The van der Waals surface area contributed by atoms with E-state index in [2.05, 4.69) is 4.42 Å². The lowest BCUT2D eigenvalue weighted by Gasteiger charge is -1.97. The summed E-state index contributed by atoms with van der Waals surface area (Å²) in [6.07, 6.45) is 0. The van der Waals surface area contributed by atoms with Crippen LogP contribution < -0.4 is 11.4 Å². The van der Waals surface area contributed by atoms with E-state index in [4.69, 9.17) is 11.8 Å². The fourth-order valence-electron chi connectivity index (χ4n) is 1.09. The maximum Gasteiger partial charge on any atom is 0.437 e. The molecular formula is C8H4ClNO3. The minimum atomic E-state index is -0.870. The summed E-state index contributed by atoms with van der Waals surface area (Å²) >= 11 is 5.57. The van der Waals surface area contributed by atoms with Crippen LogP contribution in [0, 0.1) is 0 Å². The first-order chi connectivity index (χ1) is 6.20. The van der Waals surface area contributed by atoms with Crippen molar-refractivity contribution in [2.24, 2.45) is 0 Å². The Morgan fingerprint density at radius 2 is 1.92 bits per heavy atom. The van der Waals surface area contributed by atoms with E-state index in [9.17, 15) is 9.59 Å². The van der Waals surface area contributed by atoms with Gasteiger partial charge in [-0.25, -0.2) is 9.59 Å². The lowest BCUT2D eigenvalue weighted by atomic mass is 10.2. The number of hydrogen-bond donors (Lipinski definition) is 0. The Balaban J connectivity index is 3.15. The molecule has 0 amide bonds. The van der Waals surface area contributed by atoms with Crippen molar-refractivity contribution in [2.75, 3.05) is 0 Å². The van der Waals surface area contributed by atoms with Crippen LogP contribution in [-0.4, -0.2) is 4.09 Å². The minimum Gasteiger partial charge on any atom is -0.371 e. The number of para-hydroxylation sites is 1. The Hall–Kier alpha value is -1.55. The van der Waals surface area contributed by atoms with E-state index < -0.39 is 11.4 Å². The van der Waals surface area contributed by atoms with Gasteiger partial charge in [-0.3, -0.25) is 0 Å². The van der Waals surface area contributed by atoms with E-state index in [0.29, 0.717) is 5.52 Å². The molecule has 2 aromatic rings. The highest BCUT2D eigenvalue weighted by atomic mass is 35.5. The molecule has 0 aliphatic carbocycles.